The molecule has 9 heavy (non-hydrogen) atoms. The van der Waals surface area contributed by atoms with Crippen LogP contribution in [0.15, 0.2) is 0 Å². The first-order chi connectivity index (χ1) is 4.31. The van der Waals surface area contributed by atoms with Gasteiger partial charge in [-0.05, 0) is 12.2 Å². The molecule has 3 nitrogen and oxygen atoms in total. The minimum atomic E-state index is 0.499. The first-order valence-corrected chi connectivity index (χ1v) is 3.28. The predicted molar refractivity (Wildman–Crippen MR) is 41.3 cm³/mol. The summed E-state index contributed by atoms with van der Waals surface area (Å²) < 4.78 is 4.96. The molecule has 4 heteroatoms. The molecule has 0 heterocycles. The molecule has 0 aromatic rings. The van der Waals surface area contributed by atoms with Gasteiger partial charge < -0.3 is 16.2 Å². The van der Waals surface area contributed by atoms with Crippen LogP contribution in [0.2, 0.25) is 0 Å². The number of hydrogen-bond donors (Lipinski definition) is 2. The zero-order valence-corrected chi connectivity index (χ0v) is 6.12. The van der Waals surface area contributed by atoms with E-state index in [0.29, 0.717) is 31.2 Å². The van der Waals surface area contributed by atoms with Gasteiger partial charge in [0.1, 0.15) is 6.61 Å². The molecule has 0 rings (SSSR count). The molecular weight excluding hydrogens is 136 g/mol. The Labute approximate surface area is 60.4 Å². The van der Waals surface area contributed by atoms with Crippen molar-refractivity contribution < 1.29 is 4.74 Å². The lowest BCUT2D eigenvalue weighted by Crippen LogP contribution is -2.14. The van der Waals surface area contributed by atoms with Crippen molar-refractivity contribution in [3.8, 4) is 0 Å². The van der Waals surface area contributed by atoms with E-state index in [9.17, 15) is 0 Å². The molecule has 0 unspecified atom stereocenters. The molecule has 0 atom stereocenters. The van der Waals surface area contributed by atoms with Gasteiger partial charge >= 0.3 is 0 Å². The number of nitrogens with two attached hydrogens (primary N) is 2. The number of ether oxygens (including phenoxy) is 1. The molecule has 0 aromatic heterocycles. The first kappa shape index (κ1) is 8.81. The smallest absolute Gasteiger partial charge is 0.161 e. The maximum Gasteiger partial charge on any atom is 0.161 e. The normalized spacial score (nSPS) is 9.11. The van der Waals surface area contributed by atoms with Crippen LogP contribution in [0.4, 0.5) is 0 Å². The van der Waals surface area contributed by atoms with Gasteiger partial charge in [-0.15, -0.1) is 0 Å². The summed E-state index contributed by atoms with van der Waals surface area (Å²) in [5.74, 6) is 0. The molecule has 0 aliphatic carbocycles. The number of hydrogen-bond acceptors (Lipinski definition) is 4. The topological polar surface area (TPSA) is 61.3 Å². The molecule has 0 spiro atoms. The summed E-state index contributed by atoms with van der Waals surface area (Å²) in [6.07, 6.45) is 0.648. The minimum Gasteiger partial charge on any atom is -0.486 e. The van der Waals surface area contributed by atoms with Gasteiger partial charge in [0.2, 0.25) is 0 Å². The van der Waals surface area contributed by atoms with Crippen LogP contribution < -0.4 is 11.5 Å². The van der Waals surface area contributed by atoms with Crippen LogP contribution in [0.25, 0.3) is 0 Å². The summed E-state index contributed by atoms with van der Waals surface area (Å²) in [7, 11) is 0. The van der Waals surface area contributed by atoms with Gasteiger partial charge in [-0.2, -0.15) is 0 Å². The Morgan fingerprint density at radius 1 is 1.33 bits per heavy atom. The highest BCUT2D eigenvalue weighted by atomic mass is 32.1. The second kappa shape index (κ2) is 5.94. The number of rotatable bonds is 4. The summed E-state index contributed by atoms with van der Waals surface area (Å²) in [6.45, 7) is 1.55. The molecule has 0 aromatic carbocycles. The predicted octanol–water partition coefficient (Wildman–Crippen LogP) is -0.362. The minimum absolute atomic E-state index is 0.499. The van der Waals surface area contributed by atoms with E-state index >= 15 is 0 Å². The van der Waals surface area contributed by atoms with Crippen molar-refractivity contribution in [2.75, 3.05) is 19.7 Å². The highest BCUT2D eigenvalue weighted by Gasteiger charge is 1.92. The van der Waals surface area contributed by atoms with Gasteiger partial charge in [0.15, 0.2) is 5.05 Å². The standard InChI is InChI=1S/C5H12N2OS/c6-2-1-5(9)8-4-3-7/h1-4,6-7H2. The Morgan fingerprint density at radius 3 is 2.44 bits per heavy atom. The van der Waals surface area contributed by atoms with Crippen molar-refractivity contribution in [1.29, 1.82) is 0 Å². The molecule has 0 aliphatic rings. The Bertz CT molecular complexity index is 87.0. The largest absolute Gasteiger partial charge is 0.486 e. The summed E-state index contributed by atoms with van der Waals surface area (Å²) in [4.78, 5) is 0. The fourth-order valence-electron chi connectivity index (χ4n) is 0.363. The zero-order valence-electron chi connectivity index (χ0n) is 5.30. The van der Waals surface area contributed by atoms with Crippen LogP contribution in [0.1, 0.15) is 6.42 Å². The molecule has 0 amide bonds. The maximum atomic E-state index is 5.20. The van der Waals surface area contributed by atoms with Crippen molar-refractivity contribution >= 4 is 17.3 Å². The van der Waals surface area contributed by atoms with Crippen LogP contribution in [0.3, 0.4) is 0 Å². The second-order valence-electron chi connectivity index (χ2n) is 1.55. The quantitative estimate of drug-likeness (QED) is 0.534. The highest BCUT2D eigenvalue weighted by molar-refractivity contribution is 7.80. The summed E-state index contributed by atoms with van der Waals surface area (Å²) in [5, 5.41) is 0.558. The van der Waals surface area contributed by atoms with E-state index < -0.39 is 0 Å². The van der Waals surface area contributed by atoms with E-state index in [1.807, 2.05) is 0 Å². The molecular formula is C5H12N2OS. The van der Waals surface area contributed by atoms with Crippen LogP contribution in [0.5, 0.6) is 0 Å². The Morgan fingerprint density at radius 2 is 2.00 bits per heavy atom. The van der Waals surface area contributed by atoms with Crippen molar-refractivity contribution in [1.82, 2.24) is 0 Å². The van der Waals surface area contributed by atoms with Crippen molar-refractivity contribution in [2.45, 2.75) is 6.42 Å². The third-order valence-corrected chi connectivity index (χ3v) is 1.05. The lowest BCUT2D eigenvalue weighted by molar-refractivity contribution is 0.316. The van der Waals surface area contributed by atoms with Crippen LogP contribution in [0, 0.1) is 0 Å². The summed E-state index contributed by atoms with van der Waals surface area (Å²) in [6, 6.07) is 0. The third-order valence-electron chi connectivity index (χ3n) is 0.729. The molecule has 0 aliphatic heterocycles. The van der Waals surface area contributed by atoms with E-state index in [2.05, 4.69) is 0 Å². The third kappa shape index (κ3) is 5.68. The van der Waals surface area contributed by atoms with Crippen molar-refractivity contribution in [3.63, 3.8) is 0 Å². The van der Waals surface area contributed by atoms with Crippen LogP contribution in [-0.2, 0) is 4.74 Å². The summed E-state index contributed by atoms with van der Waals surface area (Å²) in [5.41, 5.74) is 10.4. The van der Waals surface area contributed by atoms with E-state index in [1.165, 1.54) is 0 Å². The van der Waals surface area contributed by atoms with Gasteiger partial charge in [0, 0.05) is 19.5 Å². The monoisotopic (exact) mass is 148 g/mol. The Hall–Kier alpha value is -0.190. The lowest BCUT2D eigenvalue weighted by atomic mass is 10.5. The van der Waals surface area contributed by atoms with Gasteiger partial charge in [0.05, 0.1) is 0 Å². The number of thiocarbonyl (C=S) groups is 1. The average molecular weight is 148 g/mol. The van der Waals surface area contributed by atoms with E-state index in [1.54, 1.807) is 0 Å². The van der Waals surface area contributed by atoms with E-state index in [4.69, 9.17) is 28.4 Å². The van der Waals surface area contributed by atoms with Gasteiger partial charge in [-0.3, -0.25) is 0 Å². The van der Waals surface area contributed by atoms with Gasteiger partial charge in [-0.1, -0.05) is 0 Å². The Kier molecular flexibility index (Phi) is 5.81. The van der Waals surface area contributed by atoms with Crippen molar-refractivity contribution in [3.05, 3.63) is 0 Å². The van der Waals surface area contributed by atoms with Crippen molar-refractivity contribution in [2.24, 2.45) is 11.5 Å². The fraction of sp³-hybridized carbons (Fsp3) is 0.800. The van der Waals surface area contributed by atoms with Crippen LogP contribution in [-0.4, -0.2) is 24.7 Å². The molecule has 0 saturated carbocycles. The average Bonchev–Trinajstić information content (AvgIpc) is 1.85. The first-order valence-electron chi connectivity index (χ1n) is 2.87. The van der Waals surface area contributed by atoms with Gasteiger partial charge in [-0.25, -0.2) is 0 Å². The molecule has 0 fully saturated rings. The highest BCUT2D eigenvalue weighted by Crippen LogP contribution is 1.85. The Balaban J connectivity index is 3.06. The van der Waals surface area contributed by atoms with E-state index in [0.717, 1.165) is 0 Å². The summed E-state index contributed by atoms with van der Waals surface area (Å²) >= 11 is 4.76. The molecule has 0 radical (unpaired) electrons. The fourth-order valence-corrected chi connectivity index (χ4v) is 0.564. The SMILES string of the molecule is NCCOC(=S)CCN. The molecule has 0 saturated heterocycles. The second-order valence-corrected chi connectivity index (χ2v) is 2.00. The van der Waals surface area contributed by atoms with E-state index in [-0.39, 0.29) is 0 Å². The van der Waals surface area contributed by atoms with Gasteiger partial charge in [0.25, 0.3) is 0 Å². The molecule has 0 bridgehead atoms. The zero-order chi connectivity index (χ0) is 7.11. The molecule has 54 valence electrons. The lowest BCUT2D eigenvalue weighted by Gasteiger charge is -2.02. The molecule has 4 N–H and O–H groups in total. The maximum absolute atomic E-state index is 5.20. The van der Waals surface area contributed by atoms with Crippen LogP contribution >= 0.6 is 12.2 Å².